The molecule has 1 aliphatic rings. The molecule has 0 atom stereocenters. The van der Waals surface area contributed by atoms with E-state index in [0.29, 0.717) is 11.1 Å². The number of hydrogen-bond donors (Lipinski definition) is 0. The van der Waals surface area contributed by atoms with Gasteiger partial charge in [0.2, 0.25) is 0 Å². The second-order valence-electron chi connectivity index (χ2n) is 3.97. The summed E-state index contributed by atoms with van der Waals surface area (Å²) in [5.74, 6) is -0.338. The average molecular weight is 215 g/mol. The van der Waals surface area contributed by atoms with Crippen LogP contribution in [0.1, 0.15) is 39.9 Å². The first-order valence-electron chi connectivity index (χ1n) is 5.40. The van der Waals surface area contributed by atoms with Crippen LogP contribution in [0, 0.1) is 11.3 Å². The number of aryl methyl sites for hydroxylation is 1. The number of ether oxygens (including phenoxy) is 1. The van der Waals surface area contributed by atoms with E-state index in [2.05, 4.69) is 6.07 Å². The second kappa shape index (κ2) is 4.36. The Labute approximate surface area is 94.6 Å². The van der Waals surface area contributed by atoms with E-state index in [4.69, 9.17) is 10.00 Å². The number of hydrogen-bond acceptors (Lipinski definition) is 3. The molecule has 3 heteroatoms. The summed E-state index contributed by atoms with van der Waals surface area (Å²) in [6.07, 6.45) is 4.09. The molecule has 0 aromatic heterocycles. The Kier molecular flexibility index (Phi) is 2.91. The third-order valence-corrected chi connectivity index (χ3v) is 3.00. The lowest BCUT2D eigenvalue weighted by Gasteiger charge is -2.18. The molecule has 3 nitrogen and oxygen atoms in total. The van der Waals surface area contributed by atoms with E-state index in [1.165, 1.54) is 7.11 Å². The van der Waals surface area contributed by atoms with Crippen molar-refractivity contribution in [3.05, 3.63) is 34.4 Å². The third-order valence-electron chi connectivity index (χ3n) is 3.00. The minimum Gasteiger partial charge on any atom is -0.465 e. The summed E-state index contributed by atoms with van der Waals surface area (Å²) < 4.78 is 4.75. The van der Waals surface area contributed by atoms with E-state index in [-0.39, 0.29) is 5.97 Å². The number of nitrogens with zero attached hydrogens (tertiary/aromatic N) is 1. The second-order valence-corrected chi connectivity index (χ2v) is 3.97. The van der Waals surface area contributed by atoms with Crippen molar-refractivity contribution < 1.29 is 9.53 Å². The lowest BCUT2D eigenvalue weighted by molar-refractivity contribution is 0.0599. The number of nitriles is 1. The first-order chi connectivity index (χ1) is 7.76. The minimum absolute atomic E-state index is 0.338. The lowest BCUT2D eigenvalue weighted by atomic mass is 9.87. The van der Waals surface area contributed by atoms with Gasteiger partial charge in [-0.3, -0.25) is 0 Å². The molecule has 0 saturated carbocycles. The van der Waals surface area contributed by atoms with E-state index in [0.717, 1.165) is 36.8 Å². The van der Waals surface area contributed by atoms with Crippen LogP contribution >= 0.6 is 0 Å². The first kappa shape index (κ1) is 10.7. The van der Waals surface area contributed by atoms with Crippen molar-refractivity contribution in [1.29, 1.82) is 5.26 Å². The summed E-state index contributed by atoms with van der Waals surface area (Å²) in [4.78, 5) is 11.6. The van der Waals surface area contributed by atoms with Gasteiger partial charge in [0.1, 0.15) is 0 Å². The van der Waals surface area contributed by atoms with Crippen molar-refractivity contribution in [1.82, 2.24) is 0 Å². The molecular weight excluding hydrogens is 202 g/mol. The van der Waals surface area contributed by atoms with Crippen LogP contribution in [-0.4, -0.2) is 13.1 Å². The van der Waals surface area contributed by atoms with E-state index >= 15 is 0 Å². The van der Waals surface area contributed by atoms with Crippen LogP contribution < -0.4 is 0 Å². The van der Waals surface area contributed by atoms with Gasteiger partial charge in [-0.15, -0.1) is 0 Å². The molecule has 0 amide bonds. The van der Waals surface area contributed by atoms with Gasteiger partial charge in [-0.25, -0.2) is 4.79 Å². The number of methoxy groups -OCH3 is 1. The zero-order valence-electron chi connectivity index (χ0n) is 9.25. The van der Waals surface area contributed by atoms with Crippen molar-refractivity contribution in [2.75, 3.05) is 7.11 Å². The number of benzene rings is 1. The molecule has 0 N–H and O–H groups in total. The summed E-state index contributed by atoms with van der Waals surface area (Å²) in [6.45, 7) is 0. The van der Waals surface area contributed by atoms with Gasteiger partial charge in [0.05, 0.1) is 24.3 Å². The fourth-order valence-electron chi connectivity index (χ4n) is 2.22. The summed E-state index contributed by atoms with van der Waals surface area (Å²) in [7, 11) is 1.37. The Balaban J connectivity index is 2.57. The molecular formula is C13H13NO2. The maximum absolute atomic E-state index is 11.6. The van der Waals surface area contributed by atoms with Gasteiger partial charge in [-0.05, 0) is 48.9 Å². The van der Waals surface area contributed by atoms with E-state index in [9.17, 15) is 4.79 Å². The van der Waals surface area contributed by atoms with Gasteiger partial charge in [-0.2, -0.15) is 5.26 Å². The predicted octanol–water partition coefficient (Wildman–Crippen LogP) is 2.22. The molecule has 16 heavy (non-hydrogen) atoms. The van der Waals surface area contributed by atoms with Crippen molar-refractivity contribution in [3.63, 3.8) is 0 Å². The average Bonchev–Trinajstić information content (AvgIpc) is 2.36. The Morgan fingerprint density at radius 2 is 2.12 bits per heavy atom. The Morgan fingerprint density at radius 3 is 2.81 bits per heavy atom. The van der Waals surface area contributed by atoms with Crippen molar-refractivity contribution in [2.45, 2.75) is 25.7 Å². The minimum atomic E-state index is -0.338. The molecule has 0 spiro atoms. The smallest absolute Gasteiger partial charge is 0.338 e. The summed E-state index contributed by atoms with van der Waals surface area (Å²) in [6, 6.07) is 5.61. The van der Waals surface area contributed by atoms with E-state index in [1.807, 2.05) is 6.07 Å². The zero-order valence-corrected chi connectivity index (χ0v) is 9.25. The zero-order chi connectivity index (χ0) is 11.5. The van der Waals surface area contributed by atoms with Crippen LogP contribution in [0.2, 0.25) is 0 Å². The normalized spacial score (nSPS) is 13.8. The number of carbonyl (C=O) groups is 1. The molecule has 0 aliphatic heterocycles. The topological polar surface area (TPSA) is 50.1 Å². The molecule has 1 aromatic carbocycles. The number of fused-ring (bicyclic) bond motifs is 1. The first-order valence-corrected chi connectivity index (χ1v) is 5.40. The van der Waals surface area contributed by atoms with Crippen LogP contribution in [0.5, 0.6) is 0 Å². The summed E-state index contributed by atoms with van der Waals surface area (Å²) >= 11 is 0. The molecule has 0 unspecified atom stereocenters. The van der Waals surface area contributed by atoms with Gasteiger partial charge >= 0.3 is 5.97 Å². The monoisotopic (exact) mass is 215 g/mol. The summed E-state index contributed by atoms with van der Waals surface area (Å²) in [5.41, 5.74) is 3.31. The number of carbonyl (C=O) groups excluding carboxylic acids is 1. The van der Waals surface area contributed by atoms with Crippen LogP contribution in [0.25, 0.3) is 0 Å². The molecule has 0 bridgehead atoms. The molecule has 1 aliphatic carbocycles. The number of esters is 1. The maximum Gasteiger partial charge on any atom is 0.338 e. The van der Waals surface area contributed by atoms with Crippen molar-refractivity contribution >= 4 is 5.97 Å². The van der Waals surface area contributed by atoms with Gasteiger partial charge in [0.25, 0.3) is 0 Å². The highest BCUT2D eigenvalue weighted by Crippen LogP contribution is 2.26. The van der Waals surface area contributed by atoms with Crippen LogP contribution in [0.4, 0.5) is 0 Å². The van der Waals surface area contributed by atoms with E-state index < -0.39 is 0 Å². The SMILES string of the molecule is COC(=O)c1cc(C#N)cc2c1CCCC2. The molecule has 1 aromatic rings. The van der Waals surface area contributed by atoms with Crippen LogP contribution in [-0.2, 0) is 17.6 Å². The third kappa shape index (κ3) is 1.79. The predicted molar refractivity (Wildman–Crippen MR) is 59.1 cm³/mol. The Bertz CT molecular complexity index is 472. The molecule has 2 rings (SSSR count). The van der Waals surface area contributed by atoms with Crippen LogP contribution in [0.3, 0.4) is 0 Å². The van der Waals surface area contributed by atoms with Gasteiger partial charge in [-0.1, -0.05) is 0 Å². The maximum atomic E-state index is 11.6. The molecule has 0 saturated heterocycles. The molecule has 0 heterocycles. The highest BCUT2D eigenvalue weighted by Gasteiger charge is 2.19. The Morgan fingerprint density at radius 1 is 1.38 bits per heavy atom. The van der Waals surface area contributed by atoms with Gasteiger partial charge in [0.15, 0.2) is 0 Å². The number of rotatable bonds is 1. The van der Waals surface area contributed by atoms with Crippen LogP contribution in [0.15, 0.2) is 12.1 Å². The highest BCUT2D eigenvalue weighted by atomic mass is 16.5. The summed E-state index contributed by atoms with van der Waals surface area (Å²) in [5, 5.41) is 8.92. The molecule has 0 radical (unpaired) electrons. The fraction of sp³-hybridized carbons (Fsp3) is 0.385. The van der Waals surface area contributed by atoms with E-state index in [1.54, 1.807) is 6.07 Å². The standard InChI is InChI=1S/C13H13NO2/c1-16-13(15)12-7-9(8-14)6-10-4-2-3-5-11(10)12/h6-7H,2-5H2,1H3. The molecule has 82 valence electrons. The molecule has 0 fully saturated rings. The highest BCUT2D eigenvalue weighted by molar-refractivity contribution is 5.92. The fourth-order valence-corrected chi connectivity index (χ4v) is 2.22. The largest absolute Gasteiger partial charge is 0.465 e. The van der Waals surface area contributed by atoms with Gasteiger partial charge in [0, 0.05) is 0 Å². The van der Waals surface area contributed by atoms with Crippen molar-refractivity contribution in [2.24, 2.45) is 0 Å². The lowest BCUT2D eigenvalue weighted by Crippen LogP contribution is -2.12. The van der Waals surface area contributed by atoms with Crippen molar-refractivity contribution in [3.8, 4) is 6.07 Å². The quantitative estimate of drug-likeness (QED) is 0.675. The van der Waals surface area contributed by atoms with Gasteiger partial charge < -0.3 is 4.74 Å². The Hall–Kier alpha value is -1.82.